The maximum absolute atomic E-state index is 9.38. The average Bonchev–Trinajstić information content (AvgIpc) is 2.79. The van der Waals surface area contributed by atoms with Gasteiger partial charge in [-0.15, -0.1) is 0 Å². The second-order valence-corrected chi connectivity index (χ2v) is 7.59. The van der Waals surface area contributed by atoms with Crippen LogP contribution in [0.4, 0.5) is 5.82 Å². The molecule has 1 aromatic carbocycles. The number of benzene rings is 1. The molecule has 1 unspecified atom stereocenters. The zero-order valence-corrected chi connectivity index (χ0v) is 17.7. The maximum Gasteiger partial charge on any atom is 0.138 e. The van der Waals surface area contributed by atoms with Crippen LogP contribution in [0.3, 0.4) is 0 Å². The minimum absolute atomic E-state index is 0.0864. The zero-order valence-electron chi connectivity index (χ0n) is 17.7. The lowest BCUT2D eigenvalue weighted by atomic mass is 10.1. The van der Waals surface area contributed by atoms with Crippen LogP contribution in [0.5, 0.6) is 11.5 Å². The van der Waals surface area contributed by atoms with Crippen LogP contribution in [0.1, 0.15) is 29.8 Å². The van der Waals surface area contributed by atoms with Gasteiger partial charge in [-0.25, -0.2) is 4.98 Å². The van der Waals surface area contributed by atoms with Gasteiger partial charge in [0.05, 0.1) is 30.5 Å². The van der Waals surface area contributed by atoms with Crippen LogP contribution in [0.2, 0.25) is 0 Å². The Bertz CT molecular complexity index is 1100. The molecule has 3 aromatic rings. The Hall–Kier alpha value is -3.47. The Labute approximate surface area is 182 Å². The van der Waals surface area contributed by atoms with Crippen molar-refractivity contribution < 1.29 is 9.47 Å². The van der Waals surface area contributed by atoms with Gasteiger partial charge in [-0.2, -0.15) is 5.26 Å². The lowest BCUT2D eigenvalue weighted by Crippen LogP contribution is -2.36. The number of morpholine rings is 1. The summed E-state index contributed by atoms with van der Waals surface area (Å²) in [7, 11) is 0. The van der Waals surface area contributed by atoms with Gasteiger partial charge in [0.15, 0.2) is 0 Å². The van der Waals surface area contributed by atoms with Gasteiger partial charge in [0, 0.05) is 48.7 Å². The van der Waals surface area contributed by atoms with Crippen molar-refractivity contribution in [2.24, 2.45) is 5.73 Å². The van der Waals surface area contributed by atoms with Crippen LogP contribution in [0.25, 0.3) is 11.3 Å². The number of aromatic nitrogens is 2. The second kappa shape index (κ2) is 9.13. The number of hydrogen-bond acceptors (Lipinski definition) is 7. The highest BCUT2D eigenvalue weighted by Gasteiger charge is 2.16. The van der Waals surface area contributed by atoms with Crippen molar-refractivity contribution in [2.75, 3.05) is 31.2 Å². The number of ether oxygens (including phenoxy) is 2. The summed E-state index contributed by atoms with van der Waals surface area (Å²) in [6.45, 7) is 6.82. The molecular weight excluding hydrogens is 390 g/mol. The number of nitriles is 1. The van der Waals surface area contributed by atoms with E-state index in [4.69, 9.17) is 15.2 Å². The number of hydrogen-bond donors (Lipinski definition) is 1. The van der Waals surface area contributed by atoms with Gasteiger partial charge in [0.25, 0.3) is 0 Å². The molecule has 0 saturated carbocycles. The average molecular weight is 415 g/mol. The van der Waals surface area contributed by atoms with Crippen LogP contribution in [-0.4, -0.2) is 36.3 Å². The molecule has 1 fully saturated rings. The quantitative estimate of drug-likeness (QED) is 0.673. The molecule has 2 aromatic heterocycles. The van der Waals surface area contributed by atoms with E-state index in [-0.39, 0.29) is 6.04 Å². The largest absolute Gasteiger partial charge is 0.456 e. The van der Waals surface area contributed by atoms with Crippen molar-refractivity contribution in [3.63, 3.8) is 0 Å². The Kier molecular flexibility index (Phi) is 6.12. The summed E-state index contributed by atoms with van der Waals surface area (Å²) in [6.07, 6.45) is 1.77. The Balaban J connectivity index is 1.69. The van der Waals surface area contributed by atoms with Gasteiger partial charge in [0.1, 0.15) is 17.3 Å². The molecule has 1 saturated heterocycles. The summed E-state index contributed by atoms with van der Waals surface area (Å²) in [4.78, 5) is 11.4. The fourth-order valence-electron chi connectivity index (χ4n) is 3.48. The summed E-state index contributed by atoms with van der Waals surface area (Å²) in [5.41, 5.74) is 9.83. The van der Waals surface area contributed by atoms with Crippen molar-refractivity contribution >= 4 is 5.82 Å². The van der Waals surface area contributed by atoms with E-state index in [0.29, 0.717) is 30.3 Å². The predicted octanol–water partition coefficient (Wildman–Crippen LogP) is 3.97. The first-order valence-corrected chi connectivity index (χ1v) is 10.3. The SMILES string of the molecule is Cc1cc(Oc2cc(C#N)ccc2-c2ccc(C(C)N)cn2)cc(N2CCOCC2)n1. The van der Waals surface area contributed by atoms with Gasteiger partial charge in [-0.1, -0.05) is 6.07 Å². The summed E-state index contributed by atoms with van der Waals surface area (Å²) in [6, 6.07) is 15.1. The highest BCUT2D eigenvalue weighted by molar-refractivity contribution is 5.69. The van der Waals surface area contributed by atoms with Crippen LogP contribution >= 0.6 is 0 Å². The fourth-order valence-corrected chi connectivity index (χ4v) is 3.48. The molecule has 7 nitrogen and oxygen atoms in total. The summed E-state index contributed by atoms with van der Waals surface area (Å²) in [5.74, 6) is 2.09. The Morgan fingerprint density at radius 2 is 1.97 bits per heavy atom. The van der Waals surface area contributed by atoms with E-state index in [1.807, 2.05) is 44.2 Å². The molecule has 1 aliphatic heterocycles. The first kappa shape index (κ1) is 20.8. The minimum atomic E-state index is -0.0864. The third-order valence-corrected chi connectivity index (χ3v) is 5.18. The lowest BCUT2D eigenvalue weighted by molar-refractivity contribution is 0.122. The van der Waals surface area contributed by atoms with E-state index >= 15 is 0 Å². The standard InChI is InChI=1S/C24H25N5O2/c1-16-11-20(13-24(28-16)29-7-9-30-10-8-29)31-23-12-18(14-25)3-5-21(23)22-6-4-19(15-27-22)17(2)26/h3-6,11-13,15,17H,7-10,26H2,1-2H3. The molecule has 1 aliphatic rings. The summed E-state index contributed by atoms with van der Waals surface area (Å²) < 4.78 is 11.7. The molecule has 31 heavy (non-hydrogen) atoms. The van der Waals surface area contributed by atoms with Crippen LogP contribution in [0.15, 0.2) is 48.7 Å². The van der Waals surface area contributed by atoms with E-state index < -0.39 is 0 Å². The molecule has 0 spiro atoms. The second-order valence-electron chi connectivity index (χ2n) is 7.59. The number of pyridine rings is 2. The molecule has 0 radical (unpaired) electrons. The predicted molar refractivity (Wildman–Crippen MR) is 119 cm³/mol. The van der Waals surface area contributed by atoms with E-state index in [9.17, 15) is 5.26 Å². The lowest BCUT2D eigenvalue weighted by Gasteiger charge is -2.28. The molecule has 2 N–H and O–H groups in total. The number of rotatable bonds is 5. The minimum Gasteiger partial charge on any atom is -0.456 e. The van der Waals surface area contributed by atoms with E-state index in [0.717, 1.165) is 41.4 Å². The van der Waals surface area contributed by atoms with E-state index in [1.165, 1.54) is 0 Å². The monoisotopic (exact) mass is 415 g/mol. The molecule has 158 valence electrons. The van der Waals surface area contributed by atoms with Crippen molar-refractivity contribution in [2.45, 2.75) is 19.9 Å². The molecular formula is C24H25N5O2. The summed E-state index contributed by atoms with van der Waals surface area (Å²) in [5, 5.41) is 9.38. The van der Waals surface area contributed by atoms with Crippen molar-refractivity contribution in [3.05, 3.63) is 65.5 Å². The highest BCUT2D eigenvalue weighted by Crippen LogP contribution is 2.35. The van der Waals surface area contributed by atoms with Crippen LogP contribution < -0.4 is 15.4 Å². The summed E-state index contributed by atoms with van der Waals surface area (Å²) >= 11 is 0. The highest BCUT2D eigenvalue weighted by atomic mass is 16.5. The van der Waals surface area contributed by atoms with Gasteiger partial charge in [-0.05, 0) is 43.7 Å². The van der Waals surface area contributed by atoms with Crippen molar-refractivity contribution in [1.82, 2.24) is 9.97 Å². The smallest absolute Gasteiger partial charge is 0.138 e. The normalized spacial score (nSPS) is 14.7. The number of nitrogens with zero attached hydrogens (tertiary/aromatic N) is 4. The first-order chi connectivity index (χ1) is 15.0. The zero-order chi connectivity index (χ0) is 21.8. The number of aryl methyl sites for hydroxylation is 1. The molecule has 0 amide bonds. The molecule has 7 heteroatoms. The Morgan fingerprint density at radius 1 is 1.16 bits per heavy atom. The van der Waals surface area contributed by atoms with Crippen molar-refractivity contribution in [1.29, 1.82) is 5.26 Å². The third kappa shape index (κ3) is 4.82. The van der Waals surface area contributed by atoms with Crippen LogP contribution in [-0.2, 0) is 4.74 Å². The maximum atomic E-state index is 9.38. The van der Waals surface area contributed by atoms with Gasteiger partial charge in [0.2, 0.25) is 0 Å². The van der Waals surface area contributed by atoms with E-state index in [1.54, 1.807) is 18.3 Å². The third-order valence-electron chi connectivity index (χ3n) is 5.18. The van der Waals surface area contributed by atoms with Crippen LogP contribution in [0, 0.1) is 18.3 Å². The molecule has 3 heterocycles. The first-order valence-electron chi connectivity index (χ1n) is 10.3. The number of nitrogens with two attached hydrogens (primary N) is 1. The van der Waals surface area contributed by atoms with Gasteiger partial charge < -0.3 is 20.1 Å². The molecule has 4 rings (SSSR count). The van der Waals surface area contributed by atoms with Crippen molar-refractivity contribution in [3.8, 4) is 28.8 Å². The Morgan fingerprint density at radius 3 is 2.65 bits per heavy atom. The van der Waals surface area contributed by atoms with E-state index in [2.05, 4.69) is 20.9 Å². The molecule has 1 atom stereocenters. The number of anilines is 1. The fraction of sp³-hybridized carbons (Fsp3) is 0.292. The van der Waals surface area contributed by atoms with Gasteiger partial charge >= 0.3 is 0 Å². The molecule has 0 bridgehead atoms. The van der Waals surface area contributed by atoms with Gasteiger partial charge in [-0.3, -0.25) is 4.98 Å². The topological polar surface area (TPSA) is 97.3 Å². The molecule has 0 aliphatic carbocycles.